The maximum atomic E-state index is 13.4. The van der Waals surface area contributed by atoms with Crippen LogP contribution in [0.15, 0.2) is 42.5 Å². The van der Waals surface area contributed by atoms with Crippen LogP contribution >= 0.6 is 11.5 Å². The molecule has 0 spiro atoms. The fourth-order valence-electron chi connectivity index (χ4n) is 4.79. The van der Waals surface area contributed by atoms with Gasteiger partial charge in [0.2, 0.25) is 0 Å². The molecule has 3 heterocycles. The maximum Gasteiger partial charge on any atom is 0.267 e. The Kier molecular flexibility index (Phi) is 8.13. The molecule has 0 radical (unpaired) electrons. The number of amides is 3. The van der Waals surface area contributed by atoms with Gasteiger partial charge in [0.1, 0.15) is 10.7 Å². The first-order valence-electron chi connectivity index (χ1n) is 12.9. The minimum atomic E-state index is -0.427. The average Bonchev–Trinajstić information content (AvgIpc) is 3.20. The molecule has 0 saturated carbocycles. The predicted molar refractivity (Wildman–Crippen MR) is 147 cm³/mol. The Morgan fingerprint density at radius 3 is 2.33 bits per heavy atom. The molecule has 12 heteroatoms. The average molecular weight is 552 g/mol. The molecule has 2 fully saturated rings. The van der Waals surface area contributed by atoms with E-state index in [1.54, 1.807) is 24.0 Å². The number of carbonyl (C=O) groups excluding carboxylic acids is 3. The number of halogens is 1. The molecule has 1 aromatic heterocycles. The minimum Gasteiger partial charge on any atom is -0.366 e. The summed E-state index contributed by atoms with van der Waals surface area (Å²) >= 11 is 1.10. The van der Waals surface area contributed by atoms with Gasteiger partial charge in [0.25, 0.3) is 17.7 Å². The van der Waals surface area contributed by atoms with Crippen LogP contribution < -0.4 is 15.5 Å². The number of aryl methyl sites for hydroxylation is 1. The first-order chi connectivity index (χ1) is 18.9. The van der Waals surface area contributed by atoms with Gasteiger partial charge in [-0.1, -0.05) is 4.49 Å². The lowest BCUT2D eigenvalue weighted by molar-refractivity contribution is 0.0747. The van der Waals surface area contributed by atoms with Crippen molar-refractivity contribution in [3.63, 3.8) is 0 Å². The number of piperazine rings is 1. The van der Waals surface area contributed by atoms with E-state index in [1.165, 1.54) is 24.3 Å². The van der Waals surface area contributed by atoms with E-state index >= 15 is 0 Å². The van der Waals surface area contributed by atoms with Crippen molar-refractivity contribution in [3.8, 4) is 0 Å². The van der Waals surface area contributed by atoms with Crippen molar-refractivity contribution >= 4 is 40.6 Å². The van der Waals surface area contributed by atoms with Crippen molar-refractivity contribution in [2.45, 2.75) is 13.3 Å². The van der Waals surface area contributed by atoms with Gasteiger partial charge >= 0.3 is 0 Å². The fourth-order valence-corrected chi connectivity index (χ4v) is 5.42. The number of hydrogen-bond acceptors (Lipinski definition) is 8. The highest BCUT2D eigenvalue weighted by atomic mass is 32.1. The Morgan fingerprint density at radius 2 is 1.62 bits per heavy atom. The van der Waals surface area contributed by atoms with E-state index in [9.17, 15) is 18.8 Å². The zero-order chi connectivity index (χ0) is 27.4. The number of rotatable bonds is 5. The van der Waals surface area contributed by atoms with Gasteiger partial charge < -0.3 is 25.3 Å². The molecule has 0 atom stereocenters. The maximum absolute atomic E-state index is 13.4. The number of nitrogens with one attached hydrogen (secondary N) is 2. The molecule has 2 saturated heterocycles. The standard InChI is InChI=1S/C27H30FN7O3S/c1-18-24(39-32-31-18)27(38)35-15-13-33(14-16-35)23-8-5-20(26(37)34-11-2-9-29-10-12-34)17-22(23)30-25(36)19-3-6-21(28)7-4-19/h3-8,17,29H,2,9-16H2,1H3,(H,30,36). The van der Waals surface area contributed by atoms with Crippen LogP contribution in [0.5, 0.6) is 0 Å². The van der Waals surface area contributed by atoms with Gasteiger partial charge in [-0.25, -0.2) is 4.39 Å². The van der Waals surface area contributed by atoms with Crippen molar-refractivity contribution in [2.75, 3.05) is 62.6 Å². The van der Waals surface area contributed by atoms with Gasteiger partial charge in [0, 0.05) is 56.9 Å². The molecule has 204 valence electrons. The van der Waals surface area contributed by atoms with Crippen LogP contribution in [-0.4, -0.2) is 89.5 Å². The van der Waals surface area contributed by atoms with E-state index in [-0.39, 0.29) is 11.8 Å². The van der Waals surface area contributed by atoms with E-state index in [4.69, 9.17) is 0 Å². The summed E-state index contributed by atoms with van der Waals surface area (Å²) in [6, 6.07) is 10.7. The molecule has 3 amide bonds. The molecule has 0 aliphatic carbocycles. The van der Waals surface area contributed by atoms with E-state index in [0.717, 1.165) is 36.7 Å². The van der Waals surface area contributed by atoms with Gasteiger partial charge in [0.05, 0.1) is 17.1 Å². The second-order valence-electron chi connectivity index (χ2n) is 9.56. The van der Waals surface area contributed by atoms with E-state index in [2.05, 4.69) is 25.1 Å². The zero-order valence-corrected chi connectivity index (χ0v) is 22.5. The van der Waals surface area contributed by atoms with Crippen LogP contribution in [0.3, 0.4) is 0 Å². The second-order valence-corrected chi connectivity index (χ2v) is 10.3. The third-order valence-electron chi connectivity index (χ3n) is 6.98. The number of carbonyl (C=O) groups is 3. The molecule has 39 heavy (non-hydrogen) atoms. The minimum absolute atomic E-state index is 0.0835. The summed E-state index contributed by atoms with van der Waals surface area (Å²) in [6.45, 7) is 6.72. The summed E-state index contributed by atoms with van der Waals surface area (Å²) in [5.74, 6) is -1.00. The summed E-state index contributed by atoms with van der Waals surface area (Å²) < 4.78 is 17.3. The number of anilines is 2. The Labute approximate surface area is 229 Å². The molecule has 2 N–H and O–H groups in total. The highest BCUT2D eigenvalue weighted by Crippen LogP contribution is 2.30. The van der Waals surface area contributed by atoms with E-state index in [0.29, 0.717) is 66.7 Å². The number of benzene rings is 2. The largest absolute Gasteiger partial charge is 0.366 e. The second kappa shape index (κ2) is 11.9. The smallest absolute Gasteiger partial charge is 0.267 e. The first-order valence-corrected chi connectivity index (χ1v) is 13.7. The van der Waals surface area contributed by atoms with Crippen molar-refractivity contribution in [1.82, 2.24) is 24.7 Å². The lowest BCUT2D eigenvalue weighted by Crippen LogP contribution is -2.49. The van der Waals surface area contributed by atoms with Crippen molar-refractivity contribution in [1.29, 1.82) is 0 Å². The van der Waals surface area contributed by atoms with Crippen molar-refractivity contribution < 1.29 is 18.8 Å². The quantitative estimate of drug-likeness (QED) is 0.502. The van der Waals surface area contributed by atoms with Crippen molar-refractivity contribution in [3.05, 3.63) is 70.0 Å². The fraction of sp³-hybridized carbons (Fsp3) is 0.370. The lowest BCUT2D eigenvalue weighted by Gasteiger charge is -2.37. The highest BCUT2D eigenvalue weighted by Gasteiger charge is 2.27. The lowest BCUT2D eigenvalue weighted by atomic mass is 10.1. The zero-order valence-electron chi connectivity index (χ0n) is 21.7. The Hall–Kier alpha value is -3.90. The number of nitrogens with zero attached hydrogens (tertiary/aromatic N) is 5. The van der Waals surface area contributed by atoms with E-state index in [1.807, 2.05) is 11.0 Å². The predicted octanol–water partition coefficient (Wildman–Crippen LogP) is 2.64. The molecular weight excluding hydrogens is 521 g/mol. The van der Waals surface area contributed by atoms with Gasteiger partial charge in [-0.2, -0.15) is 0 Å². The van der Waals surface area contributed by atoms with Gasteiger partial charge in [0.15, 0.2) is 0 Å². The molecule has 5 rings (SSSR count). The van der Waals surface area contributed by atoms with Gasteiger partial charge in [-0.3, -0.25) is 14.4 Å². The molecule has 2 aromatic carbocycles. The highest BCUT2D eigenvalue weighted by molar-refractivity contribution is 7.07. The molecule has 0 unspecified atom stereocenters. The molecule has 2 aliphatic rings. The van der Waals surface area contributed by atoms with Crippen LogP contribution in [0.4, 0.5) is 15.8 Å². The SMILES string of the molecule is Cc1nnsc1C(=O)N1CCN(c2ccc(C(=O)N3CCCNCC3)cc2NC(=O)c2ccc(F)cc2)CC1. The van der Waals surface area contributed by atoms with Crippen LogP contribution in [0.1, 0.15) is 42.5 Å². The Morgan fingerprint density at radius 1 is 0.897 bits per heavy atom. The van der Waals surface area contributed by atoms with Gasteiger partial charge in [-0.05, 0) is 73.9 Å². The van der Waals surface area contributed by atoms with Crippen LogP contribution in [0.2, 0.25) is 0 Å². The van der Waals surface area contributed by atoms with Gasteiger partial charge in [-0.15, -0.1) is 5.10 Å². The van der Waals surface area contributed by atoms with Crippen LogP contribution in [0, 0.1) is 12.7 Å². The van der Waals surface area contributed by atoms with Crippen LogP contribution in [0.25, 0.3) is 0 Å². The van der Waals surface area contributed by atoms with Crippen LogP contribution in [-0.2, 0) is 0 Å². The third-order valence-corrected chi connectivity index (χ3v) is 7.79. The molecular formula is C27H30FN7O3S. The Bertz CT molecular complexity index is 1350. The van der Waals surface area contributed by atoms with E-state index < -0.39 is 11.7 Å². The third kappa shape index (κ3) is 6.07. The number of hydrogen-bond donors (Lipinski definition) is 2. The number of aromatic nitrogens is 2. The molecule has 2 aliphatic heterocycles. The first kappa shape index (κ1) is 26.7. The summed E-state index contributed by atoms with van der Waals surface area (Å²) in [6.07, 6.45) is 0.873. The summed E-state index contributed by atoms with van der Waals surface area (Å²) in [5, 5.41) is 10.2. The summed E-state index contributed by atoms with van der Waals surface area (Å²) in [4.78, 5) is 45.5. The summed E-state index contributed by atoms with van der Waals surface area (Å²) in [5.41, 5.74) is 2.66. The summed E-state index contributed by atoms with van der Waals surface area (Å²) in [7, 11) is 0. The monoisotopic (exact) mass is 551 g/mol. The molecule has 10 nitrogen and oxygen atoms in total. The molecule has 0 bridgehead atoms. The topological polar surface area (TPSA) is 111 Å². The Balaban J connectivity index is 1.37. The normalized spacial score (nSPS) is 16.1. The van der Waals surface area contributed by atoms with Crippen molar-refractivity contribution in [2.24, 2.45) is 0 Å². The molecule has 3 aromatic rings.